The van der Waals surface area contributed by atoms with Crippen LogP contribution in [0.3, 0.4) is 0 Å². The summed E-state index contributed by atoms with van der Waals surface area (Å²) in [5.41, 5.74) is 0.958. The number of benzene rings is 1. The predicted octanol–water partition coefficient (Wildman–Crippen LogP) is 1.83. The molecule has 0 radical (unpaired) electrons. The van der Waals surface area contributed by atoms with Crippen molar-refractivity contribution >= 4 is 11.8 Å². The van der Waals surface area contributed by atoms with E-state index in [2.05, 4.69) is 38.1 Å². The van der Waals surface area contributed by atoms with Crippen LogP contribution in [0.25, 0.3) is 0 Å². The first kappa shape index (κ1) is 20.8. The number of aliphatic hydroxyl groups is 1. The van der Waals surface area contributed by atoms with Crippen LogP contribution >= 0.6 is 0 Å². The fourth-order valence-corrected chi connectivity index (χ4v) is 4.19. The topological polar surface area (TPSA) is 64.1 Å². The van der Waals surface area contributed by atoms with Gasteiger partial charge in [-0.25, -0.2) is 0 Å². The number of amides is 2. The summed E-state index contributed by atoms with van der Waals surface area (Å²) in [6.07, 6.45) is 1.23. The number of carbonyl (C=O) groups excluding carboxylic acids is 2. The minimum Gasteiger partial charge on any atom is -0.379 e. The van der Waals surface area contributed by atoms with Crippen LogP contribution in [0.5, 0.6) is 0 Å². The van der Waals surface area contributed by atoms with E-state index < -0.39 is 5.60 Å². The number of piperazine rings is 1. The molecule has 28 heavy (non-hydrogen) atoms. The zero-order chi connectivity index (χ0) is 20.3. The standard InChI is InChI=1S/C22H33N3O3/c1-4-24-13-12-23(15-20(24)26)16-22(28)10-5-11-25(21(22)27)14-18-6-8-19(9-7-18)17(2)3/h6-9,17,28H,4-5,10-16H2,1-3H3. The average molecular weight is 388 g/mol. The number of rotatable bonds is 6. The molecular formula is C22H33N3O3. The van der Waals surface area contributed by atoms with Gasteiger partial charge in [-0.3, -0.25) is 14.5 Å². The van der Waals surface area contributed by atoms with Gasteiger partial charge < -0.3 is 14.9 Å². The summed E-state index contributed by atoms with van der Waals surface area (Å²) in [6, 6.07) is 8.36. The van der Waals surface area contributed by atoms with Gasteiger partial charge in [0.15, 0.2) is 5.60 Å². The molecule has 2 fully saturated rings. The minimum atomic E-state index is -1.40. The van der Waals surface area contributed by atoms with Crippen molar-refractivity contribution in [1.82, 2.24) is 14.7 Å². The van der Waals surface area contributed by atoms with Crippen LogP contribution in [-0.4, -0.2) is 76.5 Å². The molecule has 1 aromatic rings. The summed E-state index contributed by atoms with van der Waals surface area (Å²) in [6.45, 7) is 10.0. The normalized spacial score (nSPS) is 24.3. The fraction of sp³-hybridized carbons (Fsp3) is 0.636. The second-order valence-corrected chi connectivity index (χ2v) is 8.44. The van der Waals surface area contributed by atoms with E-state index >= 15 is 0 Å². The fourth-order valence-electron chi connectivity index (χ4n) is 4.19. The van der Waals surface area contributed by atoms with Gasteiger partial charge >= 0.3 is 0 Å². The summed E-state index contributed by atoms with van der Waals surface area (Å²) in [5, 5.41) is 11.1. The number of nitrogens with zero attached hydrogens (tertiary/aromatic N) is 3. The minimum absolute atomic E-state index is 0.0720. The van der Waals surface area contributed by atoms with E-state index in [0.29, 0.717) is 45.1 Å². The van der Waals surface area contributed by atoms with Crippen molar-refractivity contribution in [3.05, 3.63) is 35.4 Å². The Bertz CT molecular complexity index is 703. The number of likely N-dealkylation sites (tertiary alicyclic amines) is 1. The highest BCUT2D eigenvalue weighted by Crippen LogP contribution is 2.26. The van der Waals surface area contributed by atoms with E-state index in [0.717, 1.165) is 12.0 Å². The quantitative estimate of drug-likeness (QED) is 0.809. The molecule has 3 rings (SSSR count). The van der Waals surface area contributed by atoms with Crippen molar-refractivity contribution in [2.75, 3.05) is 39.3 Å². The highest BCUT2D eigenvalue weighted by Gasteiger charge is 2.44. The Kier molecular flexibility index (Phi) is 6.40. The van der Waals surface area contributed by atoms with Crippen LogP contribution in [0.15, 0.2) is 24.3 Å². The van der Waals surface area contributed by atoms with Gasteiger partial charge in [0.05, 0.1) is 6.54 Å². The van der Waals surface area contributed by atoms with Crippen LogP contribution in [0.1, 0.15) is 50.7 Å². The maximum Gasteiger partial charge on any atom is 0.256 e. The molecule has 2 aliphatic rings. The molecule has 0 saturated carbocycles. The Labute approximate surface area is 168 Å². The molecule has 1 atom stereocenters. The first-order valence-corrected chi connectivity index (χ1v) is 10.4. The summed E-state index contributed by atoms with van der Waals surface area (Å²) in [5.74, 6) is 0.339. The van der Waals surface area contributed by atoms with Crippen molar-refractivity contribution < 1.29 is 14.7 Å². The van der Waals surface area contributed by atoms with Crippen LogP contribution in [0, 0.1) is 0 Å². The van der Waals surface area contributed by atoms with Crippen LogP contribution in [0.2, 0.25) is 0 Å². The lowest BCUT2D eigenvalue weighted by molar-refractivity contribution is -0.162. The lowest BCUT2D eigenvalue weighted by Gasteiger charge is -2.42. The molecule has 0 spiro atoms. The molecule has 1 unspecified atom stereocenters. The van der Waals surface area contributed by atoms with Crippen LogP contribution in [-0.2, 0) is 16.1 Å². The molecule has 2 aliphatic heterocycles. The van der Waals surface area contributed by atoms with E-state index in [1.807, 2.05) is 16.7 Å². The molecule has 2 heterocycles. The first-order valence-electron chi connectivity index (χ1n) is 10.4. The van der Waals surface area contributed by atoms with E-state index in [-0.39, 0.29) is 24.9 Å². The lowest BCUT2D eigenvalue weighted by Crippen LogP contribution is -2.61. The zero-order valence-electron chi connectivity index (χ0n) is 17.4. The number of likely N-dealkylation sites (N-methyl/N-ethyl adjacent to an activating group) is 1. The van der Waals surface area contributed by atoms with Gasteiger partial charge in [0.2, 0.25) is 5.91 Å². The number of hydrogen-bond acceptors (Lipinski definition) is 4. The van der Waals surface area contributed by atoms with Gasteiger partial charge in [-0.1, -0.05) is 38.1 Å². The Hall–Kier alpha value is -1.92. The molecule has 154 valence electrons. The molecule has 1 N–H and O–H groups in total. The highest BCUT2D eigenvalue weighted by molar-refractivity contribution is 5.86. The van der Waals surface area contributed by atoms with Gasteiger partial charge in [-0.15, -0.1) is 0 Å². The summed E-state index contributed by atoms with van der Waals surface area (Å²) in [7, 11) is 0. The van der Waals surface area contributed by atoms with E-state index in [4.69, 9.17) is 0 Å². The van der Waals surface area contributed by atoms with E-state index in [1.54, 1.807) is 4.90 Å². The Morgan fingerprint density at radius 3 is 2.39 bits per heavy atom. The number of β-amino-alcohol motifs (C(OH)–C–C–N with tert-alkyl or cyclic N) is 1. The van der Waals surface area contributed by atoms with Crippen LogP contribution in [0.4, 0.5) is 0 Å². The molecular weight excluding hydrogens is 354 g/mol. The number of piperidine rings is 1. The SMILES string of the molecule is CCN1CCN(CC2(O)CCCN(Cc3ccc(C(C)C)cc3)C2=O)CC1=O. The summed E-state index contributed by atoms with van der Waals surface area (Å²) in [4.78, 5) is 30.7. The lowest BCUT2D eigenvalue weighted by atomic mass is 9.90. The third-order valence-electron chi connectivity index (χ3n) is 5.99. The first-order chi connectivity index (χ1) is 13.3. The predicted molar refractivity (Wildman–Crippen MR) is 109 cm³/mol. The van der Waals surface area contributed by atoms with Gasteiger partial charge in [0, 0.05) is 39.3 Å². The Morgan fingerprint density at radius 2 is 1.79 bits per heavy atom. The van der Waals surface area contributed by atoms with Gasteiger partial charge in [-0.2, -0.15) is 0 Å². The number of hydrogen-bond donors (Lipinski definition) is 1. The van der Waals surface area contributed by atoms with E-state index in [9.17, 15) is 14.7 Å². The molecule has 6 heteroatoms. The van der Waals surface area contributed by atoms with Crippen LogP contribution < -0.4 is 0 Å². The van der Waals surface area contributed by atoms with Gasteiger partial charge in [0.1, 0.15) is 0 Å². The van der Waals surface area contributed by atoms with Gasteiger partial charge in [-0.05, 0) is 36.8 Å². The third-order valence-corrected chi connectivity index (χ3v) is 5.99. The molecule has 0 bridgehead atoms. The molecule has 2 saturated heterocycles. The molecule has 6 nitrogen and oxygen atoms in total. The van der Waals surface area contributed by atoms with Crippen molar-refractivity contribution in [3.63, 3.8) is 0 Å². The maximum atomic E-state index is 13.1. The average Bonchev–Trinajstić information content (AvgIpc) is 2.66. The Balaban J connectivity index is 1.63. The second kappa shape index (κ2) is 8.62. The van der Waals surface area contributed by atoms with E-state index in [1.165, 1.54) is 5.56 Å². The smallest absolute Gasteiger partial charge is 0.256 e. The Morgan fingerprint density at radius 1 is 1.07 bits per heavy atom. The molecule has 0 aromatic heterocycles. The van der Waals surface area contributed by atoms with Crippen molar-refractivity contribution in [3.8, 4) is 0 Å². The largest absolute Gasteiger partial charge is 0.379 e. The summed E-state index contributed by atoms with van der Waals surface area (Å²) >= 11 is 0. The van der Waals surface area contributed by atoms with Crippen molar-refractivity contribution in [2.45, 2.75) is 51.7 Å². The highest BCUT2D eigenvalue weighted by atomic mass is 16.3. The molecule has 1 aromatic carbocycles. The molecule has 0 aliphatic carbocycles. The van der Waals surface area contributed by atoms with Gasteiger partial charge in [0.25, 0.3) is 5.91 Å². The van der Waals surface area contributed by atoms with Crippen molar-refractivity contribution in [2.24, 2.45) is 0 Å². The molecule has 2 amide bonds. The third kappa shape index (κ3) is 4.55. The maximum absolute atomic E-state index is 13.1. The number of carbonyl (C=O) groups is 2. The van der Waals surface area contributed by atoms with Crippen molar-refractivity contribution in [1.29, 1.82) is 0 Å². The summed E-state index contributed by atoms with van der Waals surface area (Å²) < 4.78 is 0. The monoisotopic (exact) mass is 387 g/mol. The zero-order valence-corrected chi connectivity index (χ0v) is 17.4. The second-order valence-electron chi connectivity index (χ2n) is 8.44.